The van der Waals surface area contributed by atoms with Gasteiger partial charge in [-0.3, -0.25) is 0 Å². The minimum absolute atomic E-state index is 0.00369. The molecule has 1 aromatic rings. The third-order valence-electron chi connectivity index (χ3n) is 3.31. The Kier molecular flexibility index (Phi) is 3.76. The lowest BCUT2D eigenvalue weighted by molar-refractivity contribution is 0.375. The van der Waals surface area contributed by atoms with Gasteiger partial charge >= 0.3 is 0 Å². The number of hydrogen-bond acceptors (Lipinski definition) is 2. The van der Waals surface area contributed by atoms with Crippen LogP contribution < -0.4 is 0 Å². The van der Waals surface area contributed by atoms with Gasteiger partial charge in [0.15, 0.2) is 0 Å². The first kappa shape index (κ1) is 12.9. The molecular formula is C12H16ClNO2S. The van der Waals surface area contributed by atoms with E-state index in [0.717, 1.165) is 18.4 Å². The number of nitrogens with zero attached hydrogens (tertiary/aromatic N) is 1. The van der Waals surface area contributed by atoms with Gasteiger partial charge in [0.2, 0.25) is 10.0 Å². The molecule has 0 aromatic heterocycles. The third-order valence-corrected chi connectivity index (χ3v) is 5.58. The van der Waals surface area contributed by atoms with E-state index in [0.29, 0.717) is 0 Å². The highest BCUT2D eigenvalue weighted by Crippen LogP contribution is 2.36. The Balaban J connectivity index is 2.26. The molecular weight excluding hydrogens is 258 g/mol. The molecule has 0 saturated heterocycles. The molecule has 0 heterocycles. The maximum atomic E-state index is 12.0. The lowest BCUT2D eigenvalue weighted by Crippen LogP contribution is -2.32. The van der Waals surface area contributed by atoms with Crippen LogP contribution in [-0.4, -0.2) is 31.4 Å². The number of rotatable bonds is 4. The van der Waals surface area contributed by atoms with Gasteiger partial charge in [0.05, 0.1) is 5.75 Å². The summed E-state index contributed by atoms with van der Waals surface area (Å²) in [6.45, 7) is 0. The van der Waals surface area contributed by atoms with Gasteiger partial charge in [0.25, 0.3) is 0 Å². The molecule has 17 heavy (non-hydrogen) atoms. The number of alkyl halides is 1. The summed E-state index contributed by atoms with van der Waals surface area (Å²) in [5.74, 6) is 0.144. The summed E-state index contributed by atoms with van der Waals surface area (Å²) in [6, 6.07) is 8.00. The van der Waals surface area contributed by atoms with Crippen LogP contribution in [0, 0.1) is 0 Å². The van der Waals surface area contributed by atoms with Crippen molar-refractivity contribution < 1.29 is 8.42 Å². The highest BCUT2D eigenvalue weighted by atomic mass is 35.5. The Bertz CT molecular complexity index is 501. The Morgan fingerprint density at radius 3 is 2.82 bits per heavy atom. The lowest BCUT2D eigenvalue weighted by atomic mass is 10.1. The molecule has 0 amide bonds. The molecule has 0 fully saturated rings. The third kappa shape index (κ3) is 2.49. The molecule has 0 saturated carbocycles. The first-order chi connectivity index (χ1) is 8.06. The number of halogens is 1. The van der Waals surface area contributed by atoms with Crippen LogP contribution in [0.2, 0.25) is 0 Å². The molecule has 1 aromatic carbocycles. The van der Waals surface area contributed by atoms with E-state index in [4.69, 9.17) is 11.6 Å². The molecule has 1 unspecified atom stereocenters. The number of aryl methyl sites for hydroxylation is 1. The second-order valence-corrected chi connectivity index (χ2v) is 6.80. The molecule has 1 aliphatic carbocycles. The highest BCUT2D eigenvalue weighted by Gasteiger charge is 2.31. The lowest BCUT2D eigenvalue weighted by Gasteiger charge is -2.24. The summed E-state index contributed by atoms with van der Waals surface area (Å²) in [4.78, 5) is 0. The fraction of sp³-hybridized carbons (Fsp3) is 0.500. The summed E-state index contributed by atoms with van der Waals surface area (Å²) < 4.78 is 25.4. The average Bonchev–Trinajstić information content (AvgIpc) is 2.71. The Morgan fingerprint density at radius 2 is 2.12 bits per heavy atom. The van der Waals surface area contributed by atoms with Crippen LogP contribution >= 0.6 is 11.6 Å². The summed E-state index contributed by atoms with van der Waals surface area (Å²) in [5, 5.41) is 0. The van der Waals surface area contributed by atoms with Gasteiger partial charge in [-0.2, -0.15) is 4.31 Å². The second kappa shape index (κ2) is 4.96. The number of benzene rings is 1. The SMILES string of the molecule is CN(C1CCc2ccccc21)S(=O)(=O)CCCl. The van der Waals surface area contributed by atoms with Crippen molar-refractivity contribution in [3.05, 3.63) is 35.4 Å². The van der Waals surface area contributed by atoms with E-state index >= 15 is 0 Å². The molecule has 1 atom stereocenters. The van der Waals surface area contributed by atoms with Crippen LogP contribution in [0.3, 0.4) is 0 Å². The van der Waals surface area contributed by atoms with Crippen molar-refractivity contribution in [2.75, 3.05) is 18.7 Å². The maximum Gasteiger partial charge on any atom is 0.215 e. The molecule has 5 heteroatoms. The van der Waals surface area contributed by atoms with Gasteiger partial charge in [0.1, 0.15) is 0 Å². The Hall–Kier alpha value is -0.580. The maximum absolute atomic E-state index is 12.0. The largest absolute Gasteiger partial charge is 0.215 e. The van der Waals surface area contributed by atoms with E-state index in [1.165, 1.54) is 9.87 Å². The van der Waals surface area contributed by atoms with Crippen molar-refractivity contribution in [1.29, 1.82) is 0 Å². The normalized spacial score (nSPS) is 19.6. The van der Waals surface area contributed by atoms with Crippen molar-refractivity contribution in [3.8, 4) is 0 Å². The predicted octanol–water partition coefficient (Wildman–Crippen LogP) is 2.17. The van der Waals surface area contributed by atoms with E-state index in [9.17, 15) is 8.42 Å². The van der Waals surface area contributed by atoms with E-state index in [1.54, 1.807) is 7.05 Å². The first-order valence-corrected chi connectivity index (χ1v) is 7.80. The van der Waals surface area contributed by atoms with E-state index in [2.05, 4.69) is 6.07 Å². The highest BCUT2D eigenvalue weighted by molar-refractivity contribution is 7.89. The molecule has 0 spiro atoms. The van der Waals surface area contributed by atoms with Crippen LogP contribution in [0.1, 0.15) is 23.6 Å². The molecule has 3 nitrogen and oxygen atoms in total. The zero-order chi connectivity index (χ0) is 12.5. The fourth-order valence-corrected chi connectivity index (χ4v) is 4.02. The monoisotopic (exact) mass is 273 g/mol. The van der Waals surface area contributed by atoms with E-state index in [-0.39, 0.29) is 17.7 Å². The van der Waals surface area contributed by atoms with Crippen molar-refractivity contribution in [2.24, 2.45) is 0 Å². The number of fused-ring (bicyclic) bond motifs is 1. The van der Waals surface area contributed by atoms with Gasteiger partial charge in [0, 0.05) is 19.0 Å². The van der Waals surface area contributed by atoms with Crippen molar-refractivity contribution >= 4 is 21.6 Å². The van der Waals surface area contributed by atoms with Gasteiger partial charge in [-0.05, 0) is 24.0 Å². The molecule has 0 bridgehead atoms. The van der Waals surface area contributed by atoms with Gasteiger partial charge < -0.3 is 0 Å². The Labute approximate surface area is 107 Å². The number of hydrogen-bond donors (Lipinski definition) is 0. The minimum atomic E-state index is -3.24. The summed E-state index contributed by atoms with van der Waals surface area (Å²) >= 11 is 5.53. The van der Waals surface area contributed by atoms with Crippen molar-refractivity contribution in [2.45, 2.75) is 18.9 Å². The minimum Gasteiger partial charge on any atom is -0.212 e. The van der Waals surface area contributed by atoms with Gasteiger partial charge in [-0.15, -0.1) is 11.6 Å². The van der Waals surface area contributed by atoms with Crippen LogP contribution in [-0.2, 0) is 16.4 Å². The molecule has 0 radical (unpaired) electrons. The van der Waals surface area contributed by atoms with Crippen molar-refractivity contribution in [3.63, 3.8) is 0 Å². The standard InChI is InChI=1S/C12H16ClNO2S/c1-14(17(15,16)9-8-13)12-7-6-10-4-2-3-5-11(10)12/h2-5,12H,6-9H2,1H3. The molecule has 0 aliphatic heterocycles. The van der Waals surface area contributed by atoms with Crippen LogP contribution in [0.15, 0.2) is 24.3 Å². The van der Waals surface area contributed by atoms with Crippen LogP contribution in [0.25, 0.3) is 0 Å². The molecule has 1 aliphatic rings. The summed E-state index contributed by atoms with van der Waals surface area (Å²) in [6.07, 6.45) is 1.80. The van der Waals surface area contributed by atoms with E-state index in [1.807, 2.05) is 18.2 Å². The van der Waals surface area contributed by atoms with Crippen LogP contribution in [0.5, 0.6) is 0 Å². The summed E-state index contributed by atoms with van der Waals surface area (Å²) in [5.41, 5.74) is 2.39. The van der Waals surface area contributed by atoms with E-state index < -0.39 is 10.0 Å². The first-order valence-electron chi connectivity index (χ1n) is 5.66. The topological polar surface area (TPSA) is 37.4 Å². The second-order valence-electron chi connectivity index (χ2n) is 4.27. The quantitative estimate of drug-likeness (QED) is 0.789. The summed E-state index contributed by atoms with van der Waals surface area (Å²) in [7, 11) is -1.59. The predicted molar refractivity (Wildman–Crippen MR) is 69.8 cm³/mol. The Morgan fingerprint density at radius 1 is 1.41 bits per heavy atom. The van der Waals surface area contributed by atoms with Gasteiger partial charge in [-0.1, -0.05) is 24.3 Å². The smallest absolute Gasteiger partial charge is 0.212 e. The molecule has 2 rings (SSSR count). The molecule has 0 N–H and O–H groups in total. The zero-order valence-corrected chi connectivity index (χ0v) is 11.3. The van der Waals surface area contributed by atoms with Crippen molar-refractivity contribution in [1.82, 2.24) is 4.31 Å². The number of sulfonamides is 1. The fourth-order valence-electron chi connectivity index (χ4n) is 2.35. The average molecular weight is 274 g/mol. The zero-order valence-electron chi connectivity index (χ0n) is 9.77. The molecule has 94 valence electrons. The van der Waals surface area contributed by atoms with Gasteiger partial charge in [-0.25, -0.2) is 8.42 Å². The van der Waals surface area contributed by atoms with Crippen LogP contribution in [0.4, 0.5) is 0 Å².